The van der Waals surface area contributed by atoms with Gasteiger partial charge in [-0.3, -0.25) is 0 Å². The second-order valence-electron chi connectivity index (χ2n) is 9.60. The highest BCUT2D eigenvalue weighted by atomic mass is 16.5. The predicted octanol–water partition coefficient (Wildman–Crippen LogP) is 4.28. The minimum atomic E-state index is -0.0948. The summed E-state index contributed by atoms with van der Waals surface area (Å²) in [6, 6.07) is 18.1. The van der Waals surface area contributed by atoms with Crippen molar-refractivity contribution in [2.24, 2.45) is 5.41 Å². The molecule has 2 aliphatic heterocycles. The first-order chi connectivity index (χ1) is 16.1. The van der Waals surface area contributed by atoms with Crippen molar-refractivity contribution in [3.8, 4) is 5.75 Å². The average Bonchev–Trinajstić information content (AvgIpc) is 3.50. The highest BCUT2D eigenvalue weighted by molar-refractivity contribution is 5.91. The minimum absolute atomic E-state index is 0.0617. The Balaban J connectivity index is 1.10. The number of methoxy groups -OCH3 is 1. The number of amides is 4. The topological polar surface area (TPSA) is 73.9 Å². The van der Waals surface area contributed by atoms with Gasteiger partial charge in [0.1, 0.15) is 5.75 Å². The fraction of sp³-hybridized carbons (Fsp3) is 0.462. The van der Waals surface area contributed by atoms with E-state index in [9.17, 15) is 9.59 Å². The number of benzene rings is 2. The van der Waals surface area contributed by atoms with Gasteiger partial charge in [0.05, 0.1) is 12.8 Å². The van der Waals surface area contributed by atoms with Crippen LogP contribution in [0.2, 0.25) is 0 Å². The van der Waals surface area contributed by atoms with Crippen LogP contribution < -0.4 is 15.4 Å². The van der Waals surface area contributed by atoms with Crippen molar-refractivity contribution in [3.63, 3.8) is 0 Å². The summed E-state index contributed by atoms with van der Waals surface area (Å²) in [5.41, 5.74) is 2.11. The first-order valence-corrected chi connectivity index (χ1v) is 11.9. The van der Waals surface area contributed by atoms with Crippen LogP contribution in [0.1, 0.15) is 37.2 Å². The van der Waals surface area contributed by atoms with Crippen LogP contribution in [-0.2, 0) is 0 Å². The number of carbonyl (C=O) groups is 2. The number of carbonyl (C=O) groups excluding carboxylic acids is 2. The molecule has 4 amide bonds. The highest BCUT2D eigenvalue weighted by Gasteiger charge is 2.45. The van der Waals surface area contributed by atoms with Gasteiger partial charge in [-0.1, -0.05) is 42.5 Å². The second kappa shape index (κ2) is 8.96. The minimum Gasteiger partial charge on any atom is -0.495 e. The maximum Gasteiger partial charge on any atom is 0.321 e. The van der Waals surface area contributed by atoms with Gasteiger partial charge in [0.25, 0.3) is 0 Å². The molecule has 5 rings (SSSR count). The fourth-order valence-corrected chi connectivity index (χ4v) is 5.32. The average molecular weight is 449 g/mol. The molecule has 2 heterocycles. The first kappa shape index (κ1) is 21.6. The molecule has 1 spiro atoms. The van der Waals surface area contributed by atoms with Crippen molar-refractivity contribution in [2.45, 2.75) is 37.6 Å². The van der Waals surface area contributed by atoms with Gasteiger partial charge in [0, 0.05) is 38.1 Å². The Bertz CT molecular complexity index is 1000. The number of nitrogens with zero attached hydrogens (tertiary/aromatic N) is 2. The summed E-state index contributed by atoms with van der Waals surface area (Å²) in [5, 5.41) is 6.20. The number of para-hydroxylation sites is 2. The van der Waals surface area contributed by atoms with Gasteiger partial charge in [-0.15, -0.1) is 0 Å². The van der Waals surface area contributed by atoms with Crippen LogP contribution in [0.3, 0.4) is 0 Å². The molecule has 3 aliphatic rings. The molecule has 2 aromatic carbocycles. The lowest BCUT2D eigenvalue weighted by atomic mass is 9.78. The number of hydrogen-bond acceptors (Lipinski definition) is 3. The number of likely N-dealkylation sites (tertiary alicyclic amines) is 2. The molecule has 7 nitrogen and oxygen atoms in total. The molecule has 0 radical (unpaired) electrons. The molecule has 1 aliphatic carbocycles. The van der Waals surface area contributed by atoms with E-state index in [0.29, 0.717) is 30.4 Å². The van der Waals surface area contributed by atoms with Gasteiger partial charge >= 0.3 is 12.1 Å². The van der Waals surface area contributed by atoms with Crippen LogP contribution in [0.4, 0.5) is 15.3 Å². The summed E-state index contributed by atoms with van der Waals surface area (Å²) in [7, 11) is 1.60. The Hall–Kier alpha value is -3.22. The van der Waals surface area contributed by atoms with E-state index in [1.807, 2.05) is 40.1 Å². The molecule has 0 aromatic heterocycles. The number of piperidine rings is 1. The maximum atomic E-state index is 12.9. The quantitative estimate of drug-likeness (QED) is 0.733. The molecule has 7 heteroatoms. The summed E-state index contributed by atoms with van der Waals surface area (Å²) in [5.74, 6) is 1.10. The summed E-state index contributed by atoms with van der Waals surface area (Å²) in [4.78, 5) is 29.5. The van der Waals surface area contributed by atoms with Gasteiger partial charge in [-0.05, 0) is 48.8 Å². The van der Waals surface area contributed by atoms with Gasteiger partial charge in [-0.2, -0.15) is 0 Å². The van der Waals surface area contributed by atoms with E-state index >= 15 is 0 Å². The molecular formula is C26H32N4O3. The van der Waals surface area contributed by atoms with Crippen molar-refractivity contribution < 1.29 is 14.3 Å². The molecule has 2 N–H and O–H groups in total. The molecule has 3 fully saturated rings. The molecule has 2 atom stereocenters. The Morgan fingerprint density at radius 2 is 1.58 bits per heavy atom. The zero-order chi connectivity index (χ0) is 22.8. The lowest BCUT2D eigenvalue weighted by Gasteiger charge is -2.39. The molecule has 2 saturated heterocycles. The third kappa shape index (κ3) is 4.63. The first-order valence-electron chi connectivity index (χ1n) is 11.9. The molecular weight excluding hydrogens is 416 g/mol. The van der Waals surface area contributed by atoms with Gasteiger partial charge in [-0.25, -0.2) is 9.59 Å². The van der Waals surface area contributed by atoms with Crippen molar-refractivity contribution in [2.75, 3.05) is 38.6 Å². The van der Waals surface area contributed by atoms with Gasteiger partial charge in [0.15, 0.2) is 0 Å². The lowest BCUT2D eigenvalue weighted by molar-refractivity contribution is 0.127. The van der Waals surface area contributed by atoms with Crippen molar-refractivity contribution in [1.29, 1.82) is 0 Å². The maximum absolute atomic E-state index is 12.9. The number of nitrogens with one attached hydrogen (secondary N) is 2. The van der Waals surface area contributed by atoms with E-state index in [4.69, 9.17) is 4.74 Å². The number of ether oxygens (including phenoxy) is 1. The SMILES string of the molecule is COc1ccccc1NC(=O)N1CCC2(CC1)CCN(C(=O)NC1CC1c1ccccc1)C2. The van der Waals surface area contributed by atoms with Crippen molar-refractivity contribution in [3.05, 3.63) is 60.2 Å². The monoisotopic (exact) mass is 448 g/mol. The lowest BCUT2D eigenvalue weighted by Crippen LogP contribution is -2.47. The van der Waals surface area contributed by atoms with Crippen LogP contribution in [0.25, 0.3) is 0 Å². The van der Waals surface area contributed by atoms with Gasteiger partial charge in [0.2, 0.25) is 0 Å². The molecule has 2 aromatic rings. The second-order valence-corrected chi connectivity index (χ2v) is 9.60. The Kier molecular flexibility index (Phi) is 5.87. The van der Waals surface area contributed by atoms with Crippen LogP contribution in [0.5, 0.6) is 5.75 Å². The zero-order valence-corrected chi connectivity index (χ0v) is 19.1. The van der Waals surface area contributed by atoms with Gasteiger partial charge < -0.3 is 25.2 Å². The Morgan fingerprint density at radius 3 is 2.30 bits per heavy atom. The van der Waals surface area contributed by atoms with E-state index in [2.05, 4.69) is 34.9 Å². The Morgan fingerprint density at radius 1 is 0.909 bits per heavy atom. The largest absolute Gasteiger partial charge is 0.495 e. The third-order valence-corrected chi connectivity index (χ3v) is 7.51. The van der Waals surface area contributed by atoms with E-state index in [-0.39, 0.29) is 23.5 Å². The predicted molar refractivity (Wildman–Crippen MR) is 128 cm³/mol. The van der Waals surface area contributed by atoms with Crippen molar-refractivity contribution in [1.82, 2.24) is 15.1 Å². The number of rotatable bonds is 4. The molecule has 2 unspecified atom stereocenters. The molecule has 174 valence electrons. The summed E-state index contributed by atoms with van der Waals surface area (Å²) in [6.45, 7) is 2.98. The van der Waals surface area contributed by atoms with Crippen LogP contribution in [0, 0.1) is 5.41 Å². The molecule has 33 heavy (non-hydrogen) atoms. The van der Waals surface area contributed by atoms with E-state index < -0.39 is 0 Å². The van der Waals surface area contributed by atoms with Crippen LogP contribution >= 0.6 is 0 Å². The van der Waals surface area contributed by atoms with Crippen LogP contribution in [-0.4, -0.2) is 61.2 Å². The summed E-state index contributed by atoms with van der Waals surface area (Å²) < 4.78 is 5.33. The highest BCUT2D eigenvalue weighted by Crippen LogP contribution is 2.43. The number of hydrogen-bond donors (Lipinski definition) is 2. The summed E-state index contributed by atoms with van der Waals surface area (Å²) in [6.07, 6.45) is 3.87. The summed E-state index contributed by atoms with van der Waals surface area (Å²) >= 11 is 0. The molecule has 0 bridgehead atoms. The zero-order valence-electron chi connectivity index (χ0n) is 19.1. The Labute approximate surface area is 195 Å². The smallest absolute Gasteiger partial charge is 0.321 e. The number of urea groups is 2. The fourth-order valence-electron chi connectivity index (χ4n) is 5.32. The van der Waals surface area contributed by atoms with E-state index in [1.165, 1.54) is 5.56 Å². The van der Waals surface area contributed by atoms with Crippen LogP contribution in [0.15, 0.2) is 54.6 Å². The van der Waals surface area contributed by atoms with E-state index in [1.54, 1.807) is 7.11 Å². The van der Waals surface area contributed by atoms with E-state index in [0.717, 1.165) is 38.8 Å². The molecule has 1 saturated carbocycles. The third-order valence-electron chi connectivity index (χ3n) is 7.51. The number of anilines is 1. The standard InChI is InChI=1S/C26H32N4O3/c1-33-23-10-6-5-9-21(23)27-24(31)29-14-11-26(12-15-29)13-16-30(18-26)25(32)28-22-17-20(22)19-7-3-2-4-8-19/h2-10,20,22H,11-18H2,1H3,(H,27,31)(H,28,32). The van der Waals surface area contributed by atoms with Crippen molar-refractivity contribution >= 4 is 17.7 Å². The normalized spacial score (nSPS) is 23.3.